The van der Waals surface area contributed by atoms with Crippen LogP contribution in [0.2, 0.25) is 0 Å². The third-order valence-electron chi connectivity index (χ3n) is 4.55. The smallest absolute Gasteiger partial charge is 0.328 e. The molecule has 0 bridgehead atoms. The van der Waals surface area contributed by atoms with Crippen LogP contribution in [0.1, 0.15) is 38.7 Å². The highest BCUT2D eigenvalue weighted by molar-refractivity contribution is 5.86. The van der Waals surface area contributed by atoms with Crippen LogP contribution < -0.4 is 5.32 Å². The summed E-state index contributed by atoms with van der Waals surface area (Å²) in [7, 11) is 1.28. The molecule has 2 atom stereocenters. The summed E-state index contributed by atoms with van der Waals surface area (Å²) in [6.45, 7) is 3.90. The number of benzene rings is 1. The van der Waals surface area contributed by atoms with Gasteiger partial charge < -0.3 is 15.0 Å². The first kappa shape index (κ1) is 19.9. The van der Waals surface area contributed by atoms with E-state index in [9.17, 15) is 18.8 Å². The lowest BCUT2D eigenvalue weighted by Gasteiger charge is -2.26. The Morgan fingerprint density at radius 2 is 2.12 bits per heavy atom. The van der Waals surface area contributed by atoms with E-state index in [0.29, 0.717) is 18.4 Å². The normalized spacial score (nSPS) is 18.1. The lowest BCUT2D eigenvalue weighted by atomic mass is 10.0. The maximum Gasteiger partial charge on any atom is 0.328 e. The van der Waals surface area contributed by atoms with E-state index in [1.807, 2.05) is 13.8 Å². The van der Waals surface area contributed by atoms with Gasteiger partial charge in [-0.15, -0.1) is 0 Å². The summed E-state index contributed by atoms with van der Waals surface area (Å²) in [6.07, 6.45) is 1.02. The number of ether oxygens (including phenoxy) is 1. The Hall–Kier alpha value is -2.44. The Bertz CT molecular complexity index is 677. The van der Waals surface area contributed by atoms with Crippen molar-refractivity contribution in [1.29, 1.82) is 0 Å². The second-order valence-electron chi connectivity index (χ2n) is 6.86. The molecule has 1 heterocycles. The first-order chi connectivity index (χ1) is 12.3. The molecule has 1 N–H and O–H groups in total. The summed E-state index contributed by atoms with van der Waals surface area (Å²) in [6, 6.07) is 5.08. The number of carbonyl (C=O) groups excluding carboxylic acids is 3. The first-order valence-corrected chi connectivity index (χ1v) is 8.73. The SMILES string of the molecule is COC(=O)[C@@H](NC(=O)C[C@@H]1CCC(=O)N1Cc1cccc(F)c1)C(C)C. The Kier molecular flexibility index (Phi) is 6.71. The number of amides is 2. The van der Waals surface area contributed by atoms with Gasteiger partial charge in [-0.25, -0.2) is 9.18 Å². The lowest BCUT2D eigenvalue weighted by molar-refractivity contribution is -0.146. The maximum absolute atomic E-state index is 13.4. The van der Waals surface area contributed by atoms with Crippen molar-refractivity contribution >= 4 is 17.8 Å². The third kappa shape index (κ3) is 5.03. The van der Waals surface area contributed by atoms with Crippen LogP contribution in [-0.4, -0.2) is 41.9 Å². The molecule has 0 aromatic heterocycles. The van der Waals surface area contributed by atoms with Crippen molar-refractivity contribution < 1.29 is 23.5 Å². The van der Waals surface area contributed by atoms with Crippen molar-refractivity contribution in [3.8, 4) is 0 Å². The molecule has 0 spiro atoms. The van der Waals surface area contributed by atoms with Crippen LogP contribution in [0.15, 0.2) is 24.3 Å². The van der Waals surface area contributed by atoms with Gasteiger partial charge >= 0.3 is 5.97 Å². The fraction of sp³-hybridized carbons (Fsp3) is 0.526. The summed E-state index contributed by atoms with van der Waals surface area (Å²) in [5.41, 5.74) is 0.681. The molecule has 26 heavy (non-hydrogen) atoms. The molecule has 0 unspecified atom stereocenters. The number of rotatable bonds is 7. The minimum atomic E-state index is -0.721. The summed E-state index contributed by atoms with van der Waals surface area (Å²) in [5.74, 6) is -1.33. The summed E-state index contributed by atoms with van der Waals surface area (Å²) in [5, 5.41) is 2.69. The number of esters is 1. The van der Waals surface area contributed by atoms with Crippen LogP contribution in [-0.2, 0) is 25.7 Å². The predicted molar refractivity (Wildman–Crippen MR) is 93.4 cm³/mol. The van der Waals surface area contributed by atoms with Crippen LogP contribution in [0.25, 0.3) is 0 Å². The fourth-order valence-corrected chi connectivity index (χ4v) is 3.13. The standard InChI is InChI=1S/C19H25FN2O4/c1-12(2)18(19(25)26-3)21-16(23)10-15-7-8-17(24)22(15)11-13-5-4-6-14(20)9-13/h4-6,9,12,15,18H,7-8,10-11H2,1-3H3,(H,21,23)/t15-,18-/m0/s1. The number of nitrogens with zero attached hydrogens (tertiary/aromatic N) is 1. The van der Waals surface area contributed by atoms with Crippen LogP contribution in [0.4, 0.5) is 4.39 Å². The van der Waals surface area contributed by atoms with Gasteiger partial charge in [0, 0.05) is 25.4 Å². The van der Waals surface area contributed by atoms with Crippen molar-refractivity contribution in [3.05, 3.63) is 35.6 Å². The van der Waals surface area contributed by atoms with Crippen molar-refractivity contribution in [2.45, 2.75) is 51.7 Å². The highest BCUT2D eigenvalue weighted by atomic mass is 19.1. The monoisotopic (exact) mass is 364 g/mol. The van der Waals surface area contributed by atoms with Crippen LogP contribution in [0.3, 0.4) is 0 Å². The second-order valence-corrected chi connectivity index (χ2v) is 6.86. The highest BCUT2D eigenvalue weighted by Gasteiger charge is 2.33. The van der Waals surface area contributed by atoms with Crippen molar-refractivity contribution in [2.24, 2.45) is 5.92 Å². The van der Waals surface area contributed by atoms with Crippen LogP contribution >= 0.6 is 0 Å². The molecule has 1 aliphatic rings. The second kappa shape index (κ2) is 8.78. The molecule has 0 aliphatic carbocycles. The average molecular weight is 364 g/mol. The fourth-order valence-electron chi connectivity index (χ4n) is 3.13. The number of likely N-dealkylation sites (tertiary alicyclic amines) is 1. The summed E-state index contributed by atoms with van der Waals surface area (Å²) < 4.78 is 18.1. The zero-order valence-electron chi connectivity index (χ0n) is 15.3. The van der Waals surface area contributed by atoms with Crippen molar-refractivity contribution in [3.63, 3.8) is 0 Å². The number of carbonyl (C=O) groups is 3. The summed E-state index contributed by atoms with van der Waals surface area (Å²) in [4.78, 5) is 37.9. The summed E-state index contributed by atoms with van der Waals surface area (Å²) >= 11 is 0. The van der Waals surface area contributed by atoms with E-state index in [4.69, 9.17) is 4.74 Å². The molecule has 1 aliphatic heterocycles. The quantitative estimate of drug-likeness (QED) is 0.751. The van der Waals surface area contributed by atoms with Gasteiger partial charge in [-0.1, -0.05) is 26.0 Å². The average Bonchev–Trinajstić information content (AvgIpc) is 2.92. The topological polar surface area (TPSA) is 75.7 Å². The minimum Gasteiger partial charge on any atom is -0.467 e. The van der Waals surface area contributed by atoms with Crippen molar-refractivity contribution in [1.82, 2.24) is 10.2 Å². The van der Waals surface area contributed by atoms with Gasteiger partial charge in [-0.05, 0) is 30.0 Å². The van der Waals surface area contributed by atoms with Gasteiger partial charge in [0.2, 0.25) is 11.8 Å². The molecular formula is C19H25FN2O4. The number of halogens is 1. The number of nitrogens with one attached hydrogen (secondary N) is 1. The Morgan fingerprint density at radius 3 is 2.73 bits per heavy atom. The van der Waals surface area contributed by atoms with E-state index in [1.54, 1.807) is 17.0 Å². The van der Waals surface area contributed by atoms with E-state index in [-0.39, 0.29) is 42.6 Å². The molecule has 6 nitrogen and oxygen atoms in total. The highest BCUT2D eigenvalue weighted by Crippen LogP contribution is 2.24. The lowest BCUT2D eigenvalue weighted by Crippen LogP contribution is -2.46. The van der Waals surface area contributed by atoms with E-state index in [0.717, 1.165) is 0 Å². The molecule has 2 amide bonds. The van der Waals surface area contributed by atoms with Gasteiger partial charge in [0.15, 0.2) is 0 Å². The molecule has 1 aromatic carbocycles. The molecule has 1 aromatic rings. The molecule has 2 rings (SSSR count). The van der Waals surface area contributed by atoms with E-state index < -0.39 is 12.0 Å². The molecule has 7 heteroatoms. The maximum atomic E-state index is 13.4. The van der Waals surface area contributed by atoms with Gasteiger partial charge in [-0.2, -0.15) is 0 Å². The Balaban J connectivity index is 2.01. The van der Waals surface area contributed by atoms with Gasteiger partial charge in [0.1, 0.15) is 11.9 Å². The molecule has 0 saturated carbocycles. The van der Waals surface area contributed by atoms with E-state index in [2.05, 4.69) is 5.32 Å². The zero-order valence-corrected chi connectivity index (χ0v) is 15.3. The van der Waals surface area contributed by atoms with Crippen LogP contribution in [0.5, 0.6) is 0 Å². The molecule has 1 fully saturated rings. The van der Waals surface area contributed by atoms with Crippen LogP contribution in [0, 0.1) is 11.7 Å². The zero-order chi connectivity index (χ0) is 19.3. The van der Waals surface area contributed by atoms with Gasteiger partial charge in [0.25, 0.3) is 0 Å². The minimum absolute atomic E-state index is 0.0551. The number of methoxy groups -OCH3 is 1. The molecular weight excluding hydrogens is 339 g/mol. The third-order valence-corrected chi connectivity index (χ3v) is 4.55. The van der Waals surface area contributed by atoms with Gasteiger partial charge in [0.05, 0.1) is 7.11 Å². The Labute approximate surface area is 152 Å². The molecule has 0 radical (unpaired) electrons. The van der Waals surface area contributed by atoms with E-state index >= 15 is 0 Å². The Morgan fingerprint density at radius 1 is 1.38 bits per heavy atom. The number of hydrogen-bond acceptors (Lipinski definition) is 4. The molecule has 1 saturated heterocycles. The predicted octanol–water partition coefficient (Wildman–Crippen LogP) is 2.02. The first-order valence-electron chi connectivity index (χ1n) is 8.73. The number of hydrogen-bond donors (Lipinski definition) is 1. The van der Waals surface area contributed by atoms with E-state index in [1.165, 1.54) is 19.2 Å². The van der Waals surface area contributed by atoms with Gasteiger partial charge in [-0.3, -0.25) is 9.59 Å². The van der Waals surface area contributed by atoms with Crippen molar-refractivity contribution in [2.75, 3.05) is 7.11 Å². The molecule has 142 valence electrons. The largest absolute Gasteiger partial charge is 0.467 e.